The largest absolute Gasteiger partial charge is 0.479 e. The molecule has 16 heavy (non-hydrogen) atoms. The molecule has 6 nitrogen and oxygen atoms in total. The van der Waals surface area contributed by atoms with E-state index in [1.165, 1.54) is 0 Å². The molecule has 0 rings (SSSR count). The van der Waals surface area contributed by atoms with Crippen molar-refractivity contribution in [1.29, 1.82) is 0 Å². The number of carboxylic acids is 1. The maximum Gasteiger partial charge on any atom is 0.337 e. The number of carbonyl (C=O) groups excluding carboxylic acids is 1. The van der Waals surface area contributed by atoms with Crippen LogP contribution in [0.5, 0.6) is 0 Å². The molecular weight excluding hydrogens is 212 g/mol. The molecule has 0 bridgehead atoms. The van der Waals surface area contributed by atoms with Gasteiger partial charge in [-0.05, 0) is 13.3 Å². The maximum absolute atomic E-state index is 11.3. The van der Waals surface area contributed by atoms with Crippen molar-refractivity contribution >= 4 is 11.9 Å². The van der Waals surface area contributed by atoms with Crippen LogP contribution < -0.4 is 11.1 Å². The minimum atomic E-state index is -1.94. The smallest absolute Gasteiger partial charge is 0.337 e. The minimum absolute atomic E-state index is 0.142. The lowest BCUT2D eigenvalue weighted by Crippen LogP contribution is -2.47. The Bertz CT molecular complexity index is 253. The lowest BCUT2D eigenvalue weighted by Gasteiger charge is -2.19. The van der Waals surface area contributed by atoms with Gasteiger partial charge in [0.1, 0.15) is 0 Å². The van der Waals surface area contributed by atoms with Crippen LogP contribution in [-0.2, 0) is 9.59 Å². The van der Waals surface area contributed by atoms with Gasteiger partial charge in [-0.1, -0.05) is 13.3 Å². The summed E-state index contributed by atoms with van der Waals surface area (Å²) in [5, 5.41) is 20.3. The lowest BCUT2D eigenvalue weighted by molar-refractivity contribution is -0.156. The van der Waals surface area contributed by atoms with Gasteiger partial charge in [0.05, 0.1) is 6.54 Å². The molecule has 0 aliphatic carbocycles. The Morgan fingerprint density at radius 2 is 2.06 bits per heavy atom. The molecule has 0 spiro atoms. The number of nitrogens with one attached hydrogen (secondary N) is 1. The SMILES string of the molecule is CCCC(N)CC(=O)NCC(C)(O)C(=O)O. The van der Waals surface area contributed by atoms with E-state index in [0.717, 1.165) is 19.8 Å². The zero-order valence-electron chi connectivity index (χ0n) is 9.69. The first-order valence-electron chi connectivity index (χ1n) is 5.27. The Kier molecular flexibility index (Phi) is 5.98. The quantitative estimate of drug-likeness (QED) is 0.470. The molecule has 0 heterocycles. The van der Waals surface area contributed by atoms with E-state index in [0.29, 0.717) is 0 Å². The molecule has 0 aromatic heterocycles. The van der Waals surface area contributed by atoms with Gasteiger partial charge in [-0.3, -0.25) is 4.79 Å². The van der Waals surface area contributed by atoms with Crippen LogP contribution in [-0.4, -0.2) is 40.3 Å². The molecule has 0 radical (unpaired) electrons. The van der Waals surface area contributed by atoms with Gasteiger partial charge < -0.3 is 21.3 Å². The first-order valence-corrected chi connectivity index (χ1v) is 5.27. The average molecular weight is 232 g/mol. The van der Waals surface area contributed by atoms with Crippen molar-refractivity contribution in [2.24, 2.45) is 5.73 Å². The van der Waals surface area contributed by atoms with E-state index >= 15 is 0 Å². The van der Waals surface area contributed by atoms with Crippen molar-refractivity contribution in [2.45, 2.75) is 44.8 Å². The third kappa shape index (κ3) is 5.67. The summed E-state index contributed by atoms with van der Waals surface area (Å²) in [5.74, 6) is -1.71. The second-order valence-electron chi connectivity index (χ2n) is 4.11. The lowest BCUT2D eigenvalue weighted by atomic mass is 10.1. The van der Waals surface area contributed by atoms with Gasteiger partial charge in [0.15, 0.2) is 5.60 Å². The summed E-state index contributed by atoms with van der Waals surface area (Å²) < 4.78 is 0. The summed E-state index contributed by atoms with van der Waals surface area (Å²) in [6.45, 7) is 2.77. The van der Waals surface area contributed by atoms with E-state index in [9.17, 15) is 14.7 Å². The predicted octanol–water partition coefficient (Wildman–Crippen LogP) is -0.544. The van der Waals surface area contributed by atoms with E-state index in [1.807, 2.05) is 6.92 Å². The van der Waals surface area contributed by atoms with Gasteiger partial charge in [-0.15, -0.1) is 0 Å². The van der Waals surface area contributed by atoms with Gasteiger partial charge in [0.2, 0.25) is 5.91 Å². The molecule has 2 atom stereocenters. The standard InChI is InChI=1S/C10H20N2O4/c1-3-4-7(11)5-8(13)12-6-10(2,16)9(14)15/h7,16H,3-6,11H2,1-2H3,(H,12,13)(H,14,15). The van der Waals surface area contributed by atoms with Crippen molar-refractivity contribution < 1.29 is 19.8 Å². The highest BCUT2D eigenvalue weighted by molar-refractivity contribution is 5.80. The number of rotatable bonds is 7. The molecule has 0 saturated heterocycles. The summed E-state index contributed by atoms with van der Waals surface area (Å²) in [5.41, 5.74) is 3.70. The van der Waals surface area contributed by atoms with Crippen LogP contribution in [0.3, 0.4) is 0 Å². The van der Waals surface area contributed by atoms with Gasteiger partial charge in [-0.25, -0.2) is 4.79 Å². The Labute approximate surface area is 94.8 Å². The molecule has 0 aliphatic heterocycles. The summed E-state index contributed by atoms with van der Waals surface area (Å²) in [6.07, 6.45) is 1.77. The van der Waals surface area contributed by atoms with Crippen LogP contribution in [0.25, 0.3) is 0 Å². The number of carbonyl (C=O) groups is 2. The molecule has 0 saturated carbocycles. The van der Waals surface area contributed by atoms with Gasteiger partial charge in [0, 0.05) is 12.5 Å². The van der Waals surface area contributed by atoms with E-state index in [2.05, 4.69) is 5.32 Å². The summed E-state index contributed by atoms with van der Waals surface area (Å²) in [7, 11) is 0. The summed E-state index contributed by atoms with van der Waals surface area (Å²) in [4.78, 5) is 21.8. The molecule has 0 aromatic carbocycles. The van der Waals surface area contributed by atoms with E-state index in [-0.39, 0.29) is 24.9 Å². The normalized spacial score (nSPS) is 16.2. The monoisotopic (exact) mass is 232 g/mol. The Balaban J connectivity index is 3.94. The van der Waals surface area contributed by atoms with Crippen molar-refractivity contribution in [1.82, 2.24) is 5.32 Å². The van der Waals surface area contributed by atoms with Crippen LogP contribution in [0.4, 0.5) is 0 Å². The zero-order chi connectivity index (χ0) is 12.8. The number of nitrogens with two attached hydrogens (primary N) is 1. The van der Waals surface area contributed by atoms with Crippen molar-refractivity contribution in [2.75, 3.05) is 6.54 Å². The Morgan fingerprint density at radius 1 is 1.50 bits per heavy atom. The number of carboxylic acid groups (broad SMARTS) is 1. The van der Waals surface area contributed by atoms with Crippen molar-refractivity contribution in [3.63, 3.8) is 0 Å². The summed E-state index contributed by atoms with van der Waals surface area (Å²) in [6, 6.07) is -0.222. The highest BCUT2D eigenvalue weighted by Crippen LogP contribution is 2.02. The molecule has 94 valence electrons. The minimum Gasteiger partial charge on any atom is -0.479 e. The highest BCUT2D eigenvalue weighted by atomic mass is 16.4. The van der Waals surface area contributed by atoms with E-state index in [1.54, 1.807) is 0 Å². The van der Waals surface area contributed by atoms with Gasteiger partial charge in [0.25, 0.3) is 0 Å². The van der Waals surface area contributed by atoms with Crippen LogP contribution in [0.2, 0.25) is 0 Å². The molecule has 0 aromatic rings. The Morgan fingerprint density at radius 3 is 2.50 bits per heavy atom. The van der Waals surface area contributed by atoms with Crippen LogP contribution in [0.1, 0.15) is 33.1 Å². The first-order chi connectivity index (χ1) is 7.29. The van der Waals surface area contributed by atoms with E-state index < -0.39 is 11.6 Å². The average Bonchev–Trinajstić information content (AvgIpc) is 2.15. The zero-order valence-corrected chi connectivity index (χ0v) is 9.69. The predicted molar refractivity (Wildman–Crippen MR) is 58.8 cm³/mol. The van der Waals surface area contributed by atoms with Gasteiger partial charge >= 0.3 is 5.97 Å². The van der Waals surface area contributed by atoms with Crippen LogP contribution in [0.15, 0.2) is 0 Å². The van der Waals surface area contributed by atoms with Crippen LogP contribution in [0, 0.1) is 0 Å². The maximum atomic E-state index is 11.3. The number of hydrogen-bond donors (Lipinski definition) is 4. The van der Waals surface area contributed by atoms with Gasteiger partial charge in [-0.2, -0.15) is 0 Å². The number of aliphatic carboxylic acids is 1. The number of hydrogen-bond acceptors (Lipinski definition) is 4. The first kappa shape index (κ1) is 14.9. The molecule has 2 unspecified atom stereocenters. The van der Waals surface area contributed by atoms with E-state index in [4.69, 9.17) is 10.8 Å². The van der Waals surface area contributed by atoms with Crippen LogP contribution >= 0.6 is 0 Å². The molecule has 5 N–H and O–H groups in total. The van der Waals surface area contributed by atoms with Crippen molar-refractivity contribution in [3.8, 4) is 0 Å². The highest BCUT2D eigenvalue weighted by Gasteiger charge is 2.30. The third-order valence-corrected chi connectivity index (χ3v) is 2.20. The molecular formula is C10H20N2O4. The fourth-order valence-electron chi connectivity index (χ4n) is 1.13. The van der Waals surface area contributed by atoms with Crippen molar-refractivity contribution in [3.05, 3.63) is 0 Å². The summed E-state index contributed by atoms with van der Waals surface area (Å²) >= 11 is 0. The number of aliphatic hydroxyl groups is 1. The topological polar surface area (TPSA) is 113 Å². The fraction of sp³-hybridized carbons (Fsp3) is 0.800. The Hall–Kier alpha value is -1.14. The number of amides is 1. The second kappa shape index (κ2) is 6.44. The molecule has 0 aliphatic rings. The molecule has 1 amide bonds. The molecule has 0 fully saturated rings. The fourth-order valence-corrected chi connectivity index (χ4v) is 1.13. The third-order valence-electron chi connectivity index (χ3n) is 2.20. The molecule has 6 heteroatoms. The second-order valence-corrected chi connectivity index (χ2v) is 4.11.